The Morgan fingerprint density at radius 1 is 1.07 bits per heavy atom. The van der Waals surface area contributed by atoms with Gasteiger partial charge in [-0.3, -0.25) is 5.32 Å². The van der Waals surface area contributed by atoms with E-state index in [1.54, 1.807) is 20.4 Å². The van der Waals surface area contributed by atoms with Crippen molar-refractivity contribution in [2.45, 2.75) is 32.8 Å². The molecule has 0 spiro atoms. The third kappa shape index (κ3) is 6.69. The van der Waals surface area contributed by atoms with Gasteiger partial charge in [0.25, 0.3) is 0 Å². The monoisotopic (exact) mass is 373 g/mol. The topological polar surface area (TPSA) is 81.7 Å². The molecular formula is C20H27N3O4. The second kappa shape index (κ2) is 9.12. The van der Waals surface area contributed by atoms with E-state index in [9.17, 15) is 4.79 Å². The zero-order chi connectivity index (χ0) is 19.9. The van der Waals surface area contributed by atoms with Crippen molar-refractivity contribution in [1.82, 2.24) is 4.98 Å². The van der Waals surface area contributed by atoms with Gasteiger partial charge in [0, 0.05) is 24.5 Å². The van der Waals surface area contributed by atoms with Crippen LogP contribution in [0.25, 0.3) is 0 Å². The van der Waals surface area contributed by atoms with Gasteiger partial charge in [0.05, 0.1) is 14.2 Å². The highest BCUT2D eigenvalue weighted by Crippen LogP contribution is 2.29. The van der Waals surface area contributed by atoms with Crippen LogP contribution in [0.2, 0.25) is 0 Å². The molecular weight excluding hydrogens is 346 g/mol. The smallest absolute Gasteiger partial charge is 0.413 e. The van der Waals surface area contributed by atoms with Crippen molar-refractivity contribution in [1.29, 1.82) is 0 Å². The van der Waals surface area contributed by atoms with E-state index < -0.39 is 11.7 Å². The van der Waals surface area contributed by atoms with Crippen molar-refractivity contribution >= 4 is 17.6 Å². The van der Waals surface area contributed by atoms with Gasteiger partial charge < -0.3 is 19.5 Å². The molecule has 0 saturated heterocycles. The number of rotatable bonds is 7. The van der Waals surface area contributed by atoms with E-state index in [1.165, 1.54) is 0 Å². The van der Waals surface area contributed by atoms with Crippen LogP contribution in [0.5, 0.6) is 11.5 Å². The molecule has 1 amide bonds. The van der Waals surface area contributed by atoms with Crippen LogP contribution in [-0.2, 0) is 11.2 Å². The minimum Gasteiger partial charge on any atom is -0.493 e. The molecule has 0 aliphatic heterocycles. The van der Waals surface area contributed by atoms with Gasteiger partial charge in [-0.2, -0.15) is 0 Å². The summed E-state index contributed by atoms with van der Waals surface area (Å²) in [5.74, 6) is 1.83. The number of carbonyl (C=O) groups excluding carboxylic acids is 1. The fourth-order valence-electron chi connectivity index (χ4n) is 2.40. The number of hydrogen-bond acceptors (Lipinski definition) is 6. The lowest BCUT2D eigenvalue weighted by atomic mass is 10.2. The van der Waals surface area contributed by atoms with Crippen molar-refractivity contribution in [2.24, 2.45) is 0 Å². The number of carbonyl (C=O) groups is 1. The number of amides is 1. The average molecular weight is 373 g/mol. The molecule has 2 aromatic rings. The standard InChI is InChI=1S/C20H27N3O4/c1-20(2,3)27-19(24)23-18-12-14(9-11-22-18)8-10-21-15-6-7-16(25-4)17(13-15)26-5/h6-7,9,11-13,21H,8,10H2,1-5H3,(H,22,23,24). The molecule has 1 aromatic carbocycles. The van der Waals surface area contributed by atoms with E-state index in [2.05, 4.69) is 15.6 Å². The molecule has 7 heteroatoms. The maximum Gasteiger partial charge on any atom is 0.413 e. The Morgan fingerprint density at radius 2 is 1.81 bits per heavy atom. The summed E-state index contributed by atoms with van der Waals surface area (Å²) in [5, 5.41) is 5.99. The maximum atomic E-state index is 11.8. The van der Waals surface area contributed by atoms with Crippen LogP contribution in [0.4, 0.5) is 16.3 Å². The Balaban J connectivity index is 1.90. The molecule has 0 aliphatic carbocycles. The molecule has 1 aromatic heterocycles. The third-order valence-electron chi connectivity index (χ3n) is 3.58. The van der Waals surface area contributed by atoms with Crippen LogP contribution in [0.15, 0.2) is 36.5 Å². The summed E-state index contributed by atoms with van der Waals surface area (Å²) < 4.78 is 15.8. The predicted molar refractivity (Wildman–Crippen MR) is 106 cm³/mol. The highest BCUT2D eigenvalue weighted by atomic mass is 16.6. The number of methoxy groups -OCH3 is 2. The first-order valence-corrected chi connectivity index (χ1v) is 8.71. The van der Waals surface area contributed by atoms with E-state index in [1.807, 2.05) is 51.1 Å². The summed E-state index contributed by atoms with van der Waals surface area (Å²) >= 11 is 0. The zero-order valence-corrected chi connectivity index (χ0v) is 16.5. The lowest BCUT2D eigenvalue weighted by Gasteiger charge is -2.19. The summed E-state index contributed by atoms with van der Waals surface area (Å²) in [6.07, 6.45) is 1.91. The van der Waals surface area contributed by atoms with Crippen LogP contribution in [-0.4, -0.2) is 37.4 Å². The lowest BCUT2D eigenvalue weighted by molar-refractivity contribution is 0.0635. The molecule has 146 valence electrons. The molecule has 0 unspecified atom stereocenters. The van der Waals surface area contributed by atoms with Gasteiger partial charge in [0.15, 0.2) is 11.5 Å². The van der Waals surface area contributed by atoms with E-state index in [0.29, 0.717) is 23.9 Å². The zero-order valence-electron chi connectivity index (χ0n) is 16.5. The molecule has 0 bridgehead atoms. The second-order valence-electron chi connectivity index (χ2n) is 6.92. The number of aromatic nitrogens is 1. The fourth-order valence-corrected chi connectivity index (χ4v) is 2.40. The van der Waals surface area contributed by atoms with E-state index in [-0.39, 0.29) is 0 Å². The minimum atomic E-state index is -0.551. The first-order chi connectivity index (χ1) is 12.8. The van der Waals surface area contributed by atoms with Gasteiger partial charge in [-0.15, -0.1) is 0 Å². The van der Waals surface area contributed by atoms with Gasteiger partial charge >= 0.3 is 6.09 Å². The molecule has 0 atom stereocenters. The number of hydrogen-bond donors (Lipinski definition) is 2. The first-order valence-electron chi connectivity index (χ1n) is 8.71. The van der Waals surface area contributed by atoms with Crippen LogP contribution >= 0.6 is 0 Å². The lowest BCUT2D eigenvalue weighted by Crippen LogP contribution is -2.27. The van der Waals surface area contributed by atoms with Crippen LogP contribution in [0.3, 0.4) is 0 Å². The highest BCUT2D eigenvalue weighted by molar-refractivity contribution is 5.83. The number of nitrogens with zero attached hydrogens (tertiary/aromatic N) is 1. The van der Waals surface area contributed by atoms with Gasteiger partial charge in [0.1, 0.15) is 11.4 Å². The highest BCUT2D eigenvalue weighted by Gasteiger charge is 2.16. The third-order valence-corrected chi connectivity index (χ3v) is 3.58. The number of ether oxygens (including phenoxy) is 3. The van der Waals surface area contributed by atoms with Crippen LogP contribution in [0, 0.1) is 0 Å². The molecule has 27 heavy (non-hydrogen) atoms. The quantitative estimate of drug-likeness (QED) is 0.760. The normalized spacial score (nSPS) is 10.9. The van der Waals surface area contributed by atoms with Crippen molar-refractivity contribution in [3.05, 3.63) is 42.1 Å². The molecule has 1 heterocycles. The molecule has 0 radical (unpaired) electrons. The van der Waals surface area contributed by atoms with Crippen LogP contribution in [0.1, 0.15) is 26.3 Å². The van der Waals surface area contributed by atoms with Gasteiger partial charge in [-0.25, -0.2) is 9.78 Å². The SMILES string of the molecule is COc1ccc(NCCc2ccnc(NC(=O)OC(C)(C)C)c2)cc1OC. The van der Waals surface area contributed by atoms with E-state index >= 15 is 0 Å². The first kappa shape index (κ1) is 20.4. The summed E-state index contributed by atoms with van der Waals surface area (Å²) in [6.45, 7) is 6.16. The van der Waals surface area contributed by atoms with Crippen LogP contribution < -0.4 is 20.1 Å². The number of pyridine rings is 1. The summed E-state index contributed by atoms with van der Waals surface area (Å²) in [5.41, 5.74) is 1.43. The number of benzene rings is 1. The number of anilines is 2. The molecule has 2 rings (SSSR count). The molecule has 0 saturated carbocycles. The molecule has 7 nitrogen and oxygen atoms in total. The van der Waals surface area contributed by atoms with Crippen molar-refractivity contribution in [2.75, 3.05) is 31.4 Å². The second-order valence-corrected chi connectivity index (χ2v) is 6.92. The van der Waals surface area contributed by atoms with Gasteiger partial charge in [0.2, 0.25) is 0 Å². The van der Waals surface area contributed by atoms with Gasteiger partial charge in [-0.05, 0) is 57.0 Å². The molecule has 2 N–H and O–H groups in total. The van der Waals surface area contributed by atoms with E-state index in [4.69, 9.17) is 14.2 Å². The molecule has 0 fully saturated rings. The fraction of sp³-hybridized carbons (Fsp3) is 0.400. The Hall–Kier alpha value is -2.96. The predicted octanol–water partition coefficient (Wildman–Crippen LogP) is 4.10. The molecule has 0 aliphatic rings. The Labute approximate surface area is 160 Å². The average Bonchev–Trinajstić information content (AvgIpc) is 2.60. The summed E-state index contributed by atoms with van der Waals surface area (Å²) in [6, 6.07) is 9.43. The van der Waals surface area contributed by atoms with Crippen molar-refractivity contribution in [3.63, 3.8) is 0 Å². The minimum absolute atomic E-state index is 0.466. The van der Waals surface area contributed by atoms with E-state index in [0.717, 1.165) is 17.7 Å². The van der Waals surface area contributed by atoms with Crippen molar-refractivity contribution in [3.8, 4) is 11.5 Å². The summed E-state index contributed by atoms with van der Waals surface area (Å²) in [7, 11) is 3.22. The Kier molecular flexibility index (Phi) is 6.87. The summed E-state index contributed by atoms with van der Waals surface area (Å²) in [4.78, 5) is 16.0. The maximum absolute atomic E-state index is 11.8. The van der Waals surface area contributed by atoms with Gasteiger partial charge in [-0.1, -0.05) is 0 Å². The number of nitrogens with one attached hydrogen (secondary N) is 2. The largest absolute Gasteiger partial charge is 0.493 e. The Morgan fingerprint density at radius 3 is 2.48 bits per heavy atom. The Bertz CT molecular complexity index is 772. The van der Waals surface area contributed by atoms with Crippen molar-refractivity contribution < 1.29 is 19.0 Å².